The zero-order valence-corrected chi connectivity index (χ0v) is 13.7. The number of fused-ring (bicyclic) bond motifs is 1. The minimum absolute atomic E-state index is 0.170. The summed E-state index contributed by atoms with van der Waals surface area (Å²) >= 11 is 0. The highest BCUT2D eigenvalue weighted by molar-refractivity contribution is 5.92. The van der Waals surface area contributed by atoms with Crippen molar-refractivity contribution in [3.63, 3.8) is 0 Å². The number of benzene rings is 1. The van der Waals surface area contributed by atoms with Crippen molar-refractivity contribution in [1.29, 1.82) is 0 Å². The molecular formula is C19H26N2. The molecule has 0 spiro atoms. The minimum atomic E-state index is 0.170. The lowest BCUT2D eigenvalue weighted by Crippen LogP contribution is -2.11. The molecule has 0 unspecified atom stereocenters. The van der Waals surface area contributed by atoms with Crippen LogP contribution in [0.1, 0.15) is 63.6 Å². The number of nitrogens with zero attached hydrogens (tertiary/aromatic N) is 1. The molecule has 1 heterocycles. The second-order valence-electron chi connectivity index (χ2n) is 7.31. The van der Waals surface area contributed by atoms with Gasteiger partial charge in [0.15, 0.2) is 0 Å². The fourth-order valence-electron chi connectivity index (χ4n) is 3.35. The predicted octanol–water partition coefficient (Wildman–Crippen LogP) is 5.23. The van der Waals surface area contributed by atoms with Crippen molar-refractivity contribution in [2.75, 3.05) is 12.4 Å². The Balaban J connectivity index is 2.12. The van der Waals surface area contributed by atoms with E-state index in [0.717, 1.165) is 5.52 Å². The SMILES string of the molecule is CNc1cc(C2CCCC2)nc2ccc(C(C)(C)C)cc12. The van der Waals surface area contributed by atoms with Crippen molar-refractivity contribution >= 4 is 16.6 Å². The Bertz CT molecular complexity index is 646. The topological polar surface area (TPSA) is 24.9 Å². The Labute approximate surface area is 128 Å². The Kier molecular flexibility index (Phi) is 3.64. The molecular weight excluding hydrogens is 256 g/mol. The lowest BCUT2D eigenvalue weighted by atomic mass is 9.86. The molecule has 2 heteroatoms. The second-order valence-corrected chi connectivity index (χ2v) is 7.31. The molecule has 3 rings (SSSR count). The average Bonchev–Trinajstić information content (AvgIpc) is 2.98. The first-order valence-corrected chi connectivity index (χ1v) is 8.12. The molecule has 0 aliphatic heterocycles. The van der Waals surface area contributed by atoms with Crippen molar-refractivity contribution in [3.05, 3.63) is 35.5 Å². The van der Waals surface area contributed by atoms with E-state index < -0.39 is 0 Å². The van der Waals surface area contributed by atoms with E-state index in [2.05, 4.69) is 50.4 Å². The van der Waals surface area contributed by atoms with Crippen LogP contribution in [0.3, 0.4) is 0 Å². The third kappa shape index (κ3) is 2.76. The van der Waals surface area contributed by atoms with E-state index in [0.29, 0.717) is 5.92 Å². The van der Waals surface area contributed by atoms with Gasteiger partial charge >= 0.3 is 0 Å². The Morgan fingerprint density at radius 2 is 1.81 bits per heavy atom. The fourth-order valence-corrected chi connectivity index (χ4v) is 3.35. The third-order valence-corrected chi connectivity index (χ3v) is 4.74. The number of pyridine rings is 1. The van der Waals surface area contributed by atoms with Gasteiger partial charge in [0.25, 0.3) is 0 Å². The van der Waals surface area contributed by atoms with E-state index in [4.69, 9.17) is 4.98 Å². The highest BCUT2D eigenvalue weighted by Crippen LogP contribution is 2.36. The van der Waals surface area contributed by atoms with Crippen LogP contribution in [-0.4, -0.2) is 12.0 Å². The van der Waals surface area contributed by atoms with Crippen molar-refractivity contribution in [1.82, 2.24) is 4.98 Å². The van der Waals surface area contributed by atoms with Gasteiger partial charge in [-0.15, -0.1) is 0 Å². The van der Waals surface area contributed by atoms with Crippen molar-refractivity contribution in [3.8, 4) is 0 Å². The normalized spacial score (nSPS) is 16.6. The van der Waals surface area contributed by atoms with Gasteiger partial charge in [-0.1, -0.05) is 39.7 Å². The Morgan fingerprint density at radius 3 is 2.43 bits per heavy atom. The molecule has 2 aromatic rings. The van der Waals surface area contributed by atoms with E-state index >= 15 is 0 Å². The number of nitrogens with one attached hydrogen (secondary N) is 1. The number of hydrogen-bond acceptors (Lipinski definition) is 2. The van der Waals surface area contributed by atoms with Crippen LogP contribution in [0, 0.1) is 0 Å². The van der Waals surface area contributed by atoms with Crippen LogP contribution in [0.4, 0.5) is 5.69 Å². The first-order valence-electron chi connectivity index (χ1n) is 8.12. The molecule has 1 fully saturated rings. The van der Waals surface area contributed by atoms with Gasteiger partial charge in [-0.2, -0.15) is 0 Å². The molecule has 21 heavy (non-hydrogen) atoms. The van der Waals surface area contributed by atoms with E-state index in [9.17, 15) is 0 Å². The maximum atomic E-state index is 4.95. The Morgan fingerprint density at radius 1 is 1.10 bits per heavy atom. The highest BCUT2D eigenvalue weighted by Gasteiger charge is 2.20. The van der Waals surface area contributed by atoms with Gasteiger partial charge in [0.1, 0.15) is 0 Å². The number of aromatic nitrogens is 1. The quantitative estimate of drug-likeness (QED) is 0.815. The largest absolute Gasteiger partial charge is 0.388 e. The van der Waals surface area contributed by atoms with Crippen LogP contribution in [0.5, 0.6) is 0 Å². The van der Waals surface area contributed by atoms with Crippen LogP contribution in [0.15, 0.2) is 24.3 Å². The molecule has 0 saturated heterocycles. The number of rotatable bonds is 2. The van der Waals surface area contributed by atoms with Gasteiger partial charge in [0, 0.05) is 29.7 Å². The van der Waals surface area contributed by atoms with Crippen molar-refractivity contribution < 1.29 is 0 Å². The summed E-state index contributed by atoms with van der Waals surface area (Å²) in [6, 6.07) is 8.99. The lowest BCUT2D eigenvalue weighted by molar-refractivity contribution is 0.591. The first kappa shape index (κ1) is 14.4. The summed E-state index contributed by atoms with van der Waals surface area (Å²) in [5.41, 5.74) is 5.14. The van der Waals surface area contributed by atoms with E-state index in [1.54, 1.807) is 0 Å². The highest BCUT2D eigenvalue weighted by atomic mass is 14.8. The monoisotopic (exact) mass is 282 g/mol. The van der Waals surface area contributed by atoms with Gasteiger partial charge in [-0.25, -0.2) is 0 Å². The van der Waals surface area contributed by atoms with E-state index in [1.165, 1.54) is 48.0 Å². The molecule has 1 N–H and O–H groups in total. The molecule has 1 aliphatic carbocycles. The smallest absolute Gasteiger partial charge is 0.0726 e. The zero-order chi connectivity index (χ0) is 15.0. The molecule has 1 saturated carbocycles. The van der Waals surface area contributed by atoms with Gasteiger partial charge in [-0.3, -0.25) is 4.98 Å². The van der Waals surface area contributed by atoms with Crippen LogP contribution in [0.2, 0.25) is 0 Å². The summed E-state index contributed by atoms with van der Waals surface area (Å²) in [7, 11) is 2.01. The van der Waals surface area contributed by atoms with Crippen molar-refractivity contribution in [2.24, 2.45) is 0 Å². The fraction of sp³-hybridized carbons (Fsp3) is 0.526. The zero-order valence-electron chi connectivity index (χ0n) is 13.7. The lowest BCUT2D eigenvalue weighted by Gasteiger charge is -2.21. The minimum Gasteiger partial charge on any atom is -0.388 e. The maximum Gasteiger partial charge on any atom is 0.0726 e. The standard InChI is InChI=1S/C19H26N2/c1-19(2,3)14-9-10-16-15(11-14)18(20-4)12-17(21-16)13-7-5-6-8-13/h9-13H,5-8H2,1-4H3,(H,20,21). The third-order valence-electron chi connectivity index (χ3n) is 4.74. The van der Waals surface area contributed by atoms with Gasteiger partial charge < -0.3 is 5.32 Å². The molecule has 0 radical (unpaired) electrons. The summed E-state index contributed by atoms with van der Waals surface area (Å²) in [5.74, 6) is 0.656. The molecule has 1 aromatic heterocycles. The maximum absolute atomic E-state index is 4.95. The molecule has 1 aromatic carbocycles. The van der Waals surface area contributed by atoms with Gasteiger partial charge in [-0.05, 0) is 42.0 Å². The van der Waals surface area contributed by atoms with Crippen LogP contribution < -0.4 is 5.32 Å². The molecule has 2 nitrogen and oxygen atoms in total. The summed E-state index contributed by atoms with van der Waals surface area (Å²) in [5, 5.41) is 4.61. The Hall–Kier alpha value is -1.57. The second kappa shape index (κ2) is 5.32. The predicted molar refractivity (Wildman–Crippen MR) is 91.2 cm³/mol. The van der Waals surface area contributed by atoms with Crippen LogP contribution in [-0.2, 0) is 5.41 Å². The van der Waals surface area contributed by atoms with Crippen LogP contribution in [0.25, 0.3) is 10.9 Å². The summed E-state index contributed by atoms with van der Waals surface area (Å²) in [6.45, 7) is 6.77. The number of anilines is 1. The molecule has 0 atom stereocenters. The molecule has 1 aliphatic rings. The van der Waals surface area contributed by atoms with E-state index in [-0.39, 0.29) is 5.41 Å². The summed E-state index contributed by atoms with van der Waals surface area (Å²) < 4.78 is 0. The summed E-state index contributed by atoms with van der Waals surface area (Å²) in [6.07, 6.45) is 5.29. The average molecular weight is 282 g/mol. The molecule has 112 valence electrons. The summed E-state index contributed by atoms with van der Waals surface area (Å²) in [4.78, 5) is 4.95. The van der Waals surface area contributed by atoms with Gasteiger partial charge in [0.2, 0.25) is 0 Å². The van der Waals surface area contributed by atoms with Crippen molar-refractivity contribution in [2.45, 2.75) is 57.8 Å². The van der Waals surface area contributed by atoms with Crippen LogP contribution >= 0.6 is 0 Å². The molecule has 0 amide bonds. The van der Waals surface area contributed by atoms with Gasteiger partial charge in [0.05, 0.1) is 5.52 Å². The van der Waals surface area contributed by atoms with E-state index in [1.807, 2.05) is 7.05 Å². The first-order chi connectivity index (χ1) is 9.99. The number of hydrogen-bond donors (Lipinski definition) is 1. The molecule has 0 bridgehead atoms.